The van der Waals surface area contributed by atoms with Gasteiger partial charge in [0.25, 0.3) is 25.8 Å². The Morgan fingerprint density at radius 3 is 1.80 bits per heavy atom. The van der Waals surface area contributed by atoms with E-state index in [9.17, 15) is 71.4 Å². The number of anilines is 2. The van der Waals surface area contributed by atoms with Crippen LogP contribution in [-0.2, 0) is 84.2 Å². The zero-order chi connectivity index (χ0) is 49.4. The molecule has 0 spiro atoms. The summed E-state index contributed by atoms with van der Waals surface area (Å²) >= 11 is 0. The summed E-state index contributed by atoms with van der Waals surface area (Å²) in [6.07, 6.45) is 3.88. The third kappa shape index (κ3) is 10.3. The smallest absolute Gasteiger partial charge is 0.873 e. The molecule has 70 heavy (non-hydrogen) atoms. The van der Waals surface area contributed by atoms with E-state index in [1.807, 2.05) is 0 Å². The number of aromatic amines is 1. The van der Waals surface area contributed by atoms with Crippen LogP contribution in [0.25, 0.3) is 38.2 Å². The average molecular weight is 1130 g/mol. The maximum atomic E-state index is 13.5. The number of H-pyrrole nitrogens is 1. The molecule has 0 fully saturated rings. The number of nitrogens with one attached hydrogen (secondary N) is 2. The molecule has 2 radical (unpaired) electrons. The van der Waals surface area contributed by atoms with Crippen molar-refractivity contribution in [2.75, 3.05) is 10.4 Å². The molecule has 5 aromatic carbocycles. The Morgan fingerprint density at radius 2 is 1.27 bits per heavy atom. The van der Waals surface area contributed by atoms with Gasteiger partial charge in [0.2, 0.25) is 5.78 Å². The molecule has 0 saturated carbocycles. The predicted molar refractivity (Wildman–Crippen MR) is 238 cm³/mol. The van der Waals surface area contributed by atoms with Gasteiger partial charge in [-0.15, -0.1) is 21.6 Å². The van der Waals surface area contributed by atoms with Crippen molar-refractivity contribution in [1.82, 2.24) is 9.78 Å². The number of aryl methyl sites for hydroxylation is 1. The van der Waals surface area contributed by atoms with E-state index < -0.39 is 83.1 Å². The predicted octanol–water partition coefficient (Wildman–Crippen LogP) is 2.92. The number of allylic oxidation sites excluding steroid dienone is 4. The minimum atomic E-state index is -5.18. The van der Waals surface area contributed by atoms with Crippen LogP contribution in [0.2, 0.25) is 0 Å². The van der Waals surface area contributed by atoms with Crippen molar-refractivity contribution < 1.29 is 101 Å². The number of hydrogen-bond donors (Lipinski definition) is 4. The number of hydrazone groups is 1. The molecule has 2 heterocycles. The second-order valence-electron chi connectivity index (χ2n) is 14.7. The number of ketones is 1. The van der Waals surface area contributed by atoms with Crippen molar-refractivity contribution in [3.63, 3.8) is 0 Å². The second-order valence-corrected chi connectivity index (χ2v) is 20.2. The molecular weight excluding hydrogens is 1100 g/mol. The van der Waals surface area contributed by atoms with Crippen LogP contribution >= 0.6 is 0 Å². The van der Waals surface area contributed by atoms with Gasteiger partial charge < -0.3 is 25.1 Å². The summed E-state index contributed by atoms with van der Waals surface area (Å²) in [5.74, 6) is -2.15. The van der Waals surface area contributed by atoms with Crippen LogP contribution in [0, 0.1) is 6.92 Å². The topological polar surface area (TPSA) is 385 Å². The minimum Gasteiger partial charge on any atom is -0.873 e. The molecule has 1 aliphatic heterocycles. The minimum absolute atomic E-state index is 0. The molecular formula is C40H26Cu2N8O16S4. The summed E-state index contributed by atoms with van der Waals surface area (Å²) in [5.41, 5.74) is 5.91. The molecule has 8 rings (SSSR count). The third-order valence-corrected chi connectivity index (χ3v) is 13.7. The summed E-state index contributed by atoms with van der Waals surface area (Å²) in [5, 5.41) is 28.1. The molecule has 1 aliphatic carbocycles. The number of carbonyl (C=O) groups excluding carboxylic acids is 2. The van der Waals surface area contributed by atoms with Crippen LogP contribution in [0.1, 0.15) is 18.2 Å². The van der Waals surface area contributed by atoms with Crippen LogP contribution in [0.4, 0.5) is 17.1 Å². The Bertz CT molecular complexity index is 3980. The molecule has 6 aromatic rings. The van der Waals surface area contributed by atoms with Crippen LogP contribution in [0.15, 0.2) is 137 Å². The molecule has 0 unspecified atom stereocenters. The SMILES string of the molecule is CC1=NN(c2ccc3c(S(=O)(=O)O)cc(S(=O)(=O)[O-])cc3c2)C(=O)C1=NN=C1C=CC(c2ccc([N-]Nc3c(C)[nH]n(-c4ccc5c(S(=O)(=O)O)cc(S(=O)(=O)[O-])cc5c4)c3=O)c([O-])c2)=CC1=O.[Cu+2].[Cu+2]. The Morgan fingerprint density at radius 1 is 0.714 bits per heavy atom. The number of benzene rings is 5. The van der Waals surface area contributed by atoms with Gasteiger partial charge in [-0.2, -0.15) is 26.9 Å². The first kappa shape index (κ1) is 52.7. The summed E-state index contributed by atoms with van der Waals surface area (Å²) in [4.78, 5) is 36.4. The van der Waals surface area contributed by atoms with Crippen LogP contribution < -0.4 is 21.1 Å². The molecule has 4 N–H and O–H groups in total. The van der Waals surface area contributed by atoms with E-state index in [0.717, 1.165) is 40.0 Å². The van der Waals surface area contributed by atoms with Gasteiger partial charge >= 0.3 is 40.0 Å². The number of fused-ring (bicyclic) bond motifs is 2. The van der Waals surface area contributed by atoms with E-state index in [1.54, 1.807) is 0 Å². The first-order valence-corrected chi connectivity index (χ1v) is 24.5. The Balaban J connectivity index is 0.00000402. The number of nitrogens with zero attached hydrogens (tertiary/aromatic N) is 6. The number of carbonyl (C=O) groups is 2. The maximum absolute atomic E-state index is 13.5. The zero-order valence-corrected chi connectivity index (χ0v) is 39.9. The molecule has 30 heteroatoms. The molecule has 1 aromatic heterocycles. The number of amides is 1. The molecule has 2 aliphatic rings. The van der Waals surface area contributed by atoms with Crippen molar-refractivity contribution in [3.8, 4) is 11.4 Å². The molecule has 0 saturated heterocycles. The van der Waals surface area contributed by atoms with Crippen LogP contribution in [-0.4, -0.2) is 90.5 Å². The molecule has 0 atom stereocenters. The fourth-order valence-electron chi connectivity index (χ4n) is 7.01. The summed E-state index contributed by atoms with van der Waals surface area (Å²) in [7, 11) is -20.3. The number of hydrogen-bond acceptors (Lipinski definition) is 18. The standard InChI is InChI=1S/C40H30N8O16S4.2Cu/c1-19-37(39(51)47(45-19)25-5-7-29-23(11-25)13-27(65(53,54)55)17-35(29)67(59,60)61)43-41-31-9-3-21(15-33(31)49)22-4-10-32(34(50)16-22)42-44-38-20(2)46-48(40(38)52)26-6-8-30-24(12-26)14-28(66(56,57)58)18-36(30)68(62,63)64;;/h3-18H,1-2H3,(H8,41,42,43,44,45,46,49,50,51,52,53,54,55,56,57,58,59,60,61,62,63,64);;/q;2*+2/p-4. The van der Waals surface area contributed by atoms with Crippen molar-refractivity contribution in [3.05, 3.63) is 124 Å². The Labute approximate surface area is 416 Å². The van der Waals surface area contributed by atoms with E-state index >= 15 is 0 Å². The van der Waals surface area contributed by atoms with Crippen molar-refractivity contribution in [2.45, 2.75) is 33.4 Å². The van der Waals surface area contributed by atoms with Gasteiger partial charge in [0.05, 0.1) is 32.6 Å². The Hall–Kier alpha value is -6.66. The van der Waals surface area contributed by atoms with E-state index in [2.05, 4.69) is 31.3 Å². The first-order valence-electron chi connectivity index (χ1n) is 18.8. The monoisotopic (exact) mass is 1130 g/mol. The molecule has 24 nitrogen and oxygen atoms in total. The van der Waals surface area contributed by atoms with Gasteiger partial charge in [-0.3, -0.25) is 28.6 Å². The van der Waals surface area contributed by atoms with Gasteiger partial charge in [-0.25, -0.2) is 21.5 Å². The van der Waals surface area contributed by atoms with Crippen molar-refractivity contribution >= 4 is 113 Å². The maximum Gasteiger partial charge on any atom is 2.00 e. The van der Waals surface area contributed by atoms with E-state index in [-0.39, 0.29) is 112 Å². The molecule has 0 bridgehead atoms. The average Bonchev–Trinajstić information content (AvgIpc) is 3.70. The van der Waals surface area contributed by atoms with E-state index in [4.69, 9.17) is 0 Å². The van der Waals surface area contributed by atoms with Crippen molar-refractivity contribution in [2.24, 2.45) is 15.3 Å². The van der Waals surface area contributed by atoms with Gasteiger partial charge in [-0.05, 0) is 96.4 Å². The van der Waals surface area contributed by atoms with E-state index in [1.165, 1.54) is 68.5 Å². The summed E-state index contributed by atoms with van der Waals surface area (Å²) in [6.45, 7) is 2.89. The second kappa shape index (κ2) is 18.9. The van der Waals surface area contributed by atoms with Gasteiger partial charge in [-0.1, -0.05) is 36.4 Å². The fraction of sp³-hybridized carbons (Fsp3) is 0.0500. The van der Waals surface area contributed by atoms with Gasteiger partial charge in [0, 0.05) is 10.8 Å². The Kier molecular flexibility index (Phi) is 14.2. The number of rotatable bonds is 11. The van der Waals surface area contributed by atoms with Crippen molar-refractivity contribution in [1.29, 1.82) is 0 Å². The first-order chi connectivity index (χ1) is 31.7. The van der Waals surface area contributed by atoms with Crippen LogP contribution in [0.3, 0.4) is 0 Å². The normalized spacial score (nSPS) is 15.5. The van der Waals surface area contributed by atoms with E-state index in [0.29, 0.717) is 12.1 Å². The van der Waals surface area contributed by atoms with Crippen LogP contribution in [0.5, 0.6) is 5.75 Å². The largest absolute Gasteiger partial charge is 2.00 e. The summed E-state index contributed by atoms with van der Waals surface area (Å²) in [6, 6.07) is 14.0. The third-order valence-electron chi connectivity index (χ3n) is 10.2. The number of aromatic nitrogens is 2. The molecule has 1 amide bonds. The fourth-order valence-corrected chi connectivity index (χ4v) is 9.70. The van der Waals surface area contributed by atoms with Gasteiger partial charge in [0.1, 0.15) is 41.4 Å². The quantitative estimate of drug-likeness (QED) is 0.0627. The van der Waals surface area contributed by atoms with Gasteiger partial charge in [0.15, 0.2) is 5.71 Å². The molecule has 368 valence electrons. The zero-order valence-electron chi connectivity index (χ0n) is 34.8. The summed E-state index contributed by atoms with van der Waals surface area (Å²) < 4.78 is 139.